The summed E-state index contributed by atoms with van der Waals surface area (Å²) >= 11 is 0. The van der Waals surface area contributed by atoms with Crippen LogP contribution in [0.5, 0.6) is 0 Å². The van der Waals surface area contributed by atoms with Gasteiger partial charge >= 0.3 is 0 Å². The monoisotopic (exact) mass is 270 g/mol. The number of nitrogens with zero attached hydrogens (tertiary/aromatic N) is 1. The van der Waals surface area contributed by atoms with E-state index in [4.69, 9.17) is 0 Å². The smallest absolute Gasteiger partial charge is 0.239 e. The fourth-order valence-corrected chi connectivity index (χ4v) is 1.82. The first-order valence-electron chi connectivity index (χ1n) is 6.45. The van der Waals surface area contributed by atoms with Crippen LogP contribution in [0.15, 0.2) is 18.2 Å². The average molecular weight is 270 g/mol. The van der Waals surface area contributed by atoms with Crippen LogP contribution >= 0.6 is 0 Å². The lowest BCUT2D eigenvalue weighted by atomic mass is 10.2. The molecular formula is C14H20F2N2O. The van der Waals surface area contributed by atoms with Gasteiger partial charge in [-0.1, -0.05) is 6.07 Å². The molecule has 1 amide bonds. The average Bonchev–Trinajstić information content (AvgIpc) is 2.41. The molecule has 0 radical (unpaired) electrons. The van der Waals surface area contributed by atoms with E-state index in [1.165, 1.54) is 6.07 Å². The fourth-order valence-electron chi connectivity index (χ4n) is 1.82. The molecule has 0 heterocycles. The molecule has 1 atom stereocenters. The normalized spacial score (nSPS) is 12.3. The highest BCUT2D eigenvalue weighted by Crippen LogP contribution is 2.08. The zero-order chi connectivity index (χ0) is 14.4. The van der Waals surface area contributed by atoms with E-state index in [0.717, 1.165) is 12.1 Å². The van der Waals surface area contributed by atoms with Crippen LogP contribution in [-0.4, -0.2) is 29.9 Å². The van der Waals surface area contributed by atoms with E-state index in [2.05, 4.69) is 5.32 Å². The molecule has 0 aliphatic heterocycles. The third kappa shape index (κ3) is 4.28. The maximum Gasteiger partial charge on any atom is 0.239 e. The highest BCUT2D eigenvalue weighted by Gasteiger charge is 2.17. The van der Waals surface area contributed by atoms with Gasteiger partial charge in [0, 0.05) is 19.6 Å². The number of hydrogen-bond acceptors (Lipinski definition) is 2. The molecule has 5 heteroatoms. The van der Waals surface area contributed by atoms with Gasteiger partial charge in [0.1, 0.15) is 0 Å². The molecule has 0 aliphatic carbocycles. The minimum Gasteiger partial charge on any atom is -0.342 e. The second kappa shape index (κ2) is 7.19. The van der Waals surface area contributed by atoms with Gasteiger partial charge in [-0.05, 0) is 38.5 Å². The number of rotatable bonds is 6. The molecule has 106 valence electrons. The summed E-state index contributed by atoms with van der Waals surface area (Å²) in [4.78, 5) is 13.7. The van der Waals surface area contributed by atoms with Crippen molar-refractivity contribution in [3.05, 3.63) is 35.4 Å². The number of carbonyl (C=O) groups excluding carboxylic acids is 1. The van der Waals surface area contributed by atoms with Crippen LogP contribution in [0.4, 0.5) is 8.78 Å². The topological polar surface area (TPSA) is 32.3 Å². The highest BCUT2D eigenvalue weighted by molar-refractivity contribution is 5.81. The second-order valence-corrected chi connectivity index (χ2v) is 4.36. The summed E-state index contributed by atoms with van der Waals surface area (Å²) in [7, 11) is 0. The Morgan fingerprint density at radius 2 is 1.89 bits per heavy atom. The summed E-state index contributed by atoms with van der Waals surface area (Å²) < 4.78 is 25.8. The summed E-state index contributed by atoms with van der Waals surface area (Å²) in [5.41, 5.74) is 0.609. The third-order valence-corrected chi connectivity index (χ3v) is 3.04. The van der Waals surface area contributed by atoms with Gasteiger partial charge < -0.3 is 10.2 Å². The maximum absolute atomic E-state index is 13.0. The van der Waals surface area contributed by atoms with Gasteiger partial charge in [-0.2, -0.15) is 0 Å². The third-order valence-electron chi connectivity index (χ3n) is 3.04. The molecule has 0 saturated heterocycles. The lowest BCUT2D eigenvalue weighted by molar-refractivity contribution is -0.132. The van der Waals surface area contributed by atoms with E-state index in [1.807, 2.05) is 13.8 Å². The molecule has 0 saturated carbocycles. The van der Waals surface area contributed by atoms with Crippen LogP contribution in [0.2, 0.25) is 0 Å². The largest absolute Gasteiger partial charge is 0.342 e. The number of likely N-dealkylation sites (N-methyl/N-ethyl adjacent to an activating group) is 1. The van der Waals surface area contributed by atoms with Crippen molar-refractivity contribution in [2.45, 2.75) is 33.4 Å². The van der Waals surface area contributed by atoms with E-state index < -0.39 is 11.6 Å². The quantitative estimate of drug-likeness (QED) is 0.860. The van der Waals surface area contributed by atoms with Crippen molar-refractivity contribution in [3.8, 4) is 0 Å². The number of amides is 1. The molecule has 0 aliphatic rings. The van der Waals surface area contributed by atoms with Crippen molar-refractivity contribution in [2.24, 2.45) is 0 Å². The van der Waals surface area contributed by atoms with Gasteiger partial charge in [0.2, 0.25) is 5.91 Å². The number of benzene rings is 1. The zero-order valence-corrected chi connectivity index (χ0v) is 11.5. The first kappa shape index (κ1) is 15.6. The Balaban J connectivity index is 2.56. The molecule has 19 heavy (non-hydrogen) atoms. The van der Waals surface area contributed by atoms with Crippen molar-refractivity contribution in [1.29, 1.82) is 0 Å². The molecule has 1 N–H and O–H groups in total. The van der Waals surface area contributed by atoms with Crippen LogP contribution < -0.4 is 5.32 Å². The number of halogens is 2. The molecule has 0 aromatic heterocycles. The predicted molar refractivity (Wildman–Crippen MR) is 70.6 cm³/mol. The first-order chi connectivity index (χ1) is 8.99. The summed E-state index contributed by atoms with van der Waals surface area (Å²) in [6.45, 7) is 7.25. The van der Waals surface area contributed by atoms with E-state index in [1.54, 1.807) is 11.8 Å². The first-order valence-corrected chi connectivity index (χ1v) is 6.45. The summed E-state index contributed by atoms with van der Waals surface area (Å²) in [6.07, 6.45) is 0. The van der Waals surface area contributed by atoms with Crippen molar-refractivity contribution in [3.63, 3.8) is 0 Å². The Bertz CT molecular complexity index is 433. The standard InChI is InChI=1S/C14H20F2N2O/c1-4-18(5-2)14(19)10(3)17-9-11-6-7-12(15)13(16)8-11/h6-8,10,17H,4-5,9H2,1-3H3. The Kier molecular flexibility index (Phi) is 5.89. The number of hydrogen-bond donors (Lipinski definition) is 1. The minimum atomic E-state index is -0.873. The number of carbonyl (C=O) groups is 1. The zero-order valence-electron chi connectivity index (χ0n) is 11.5. The molecule has 1 aromatic rings. The van der Waals surface area contributed by atoms with E-state index >= 15 is 0 Å². The lowest BCUT2D eigenvalue weighted by Crippen LogP contribution is -2.44. The Hall–Kier alpha value is -1.49. The van der Waals surface area contributed by atoms with Gasteiger partial charge in [0.15, 0.2) is 11.6 Å². The summed E-state index contributed by atoms with van der Waals surface area (Å²) in [5.74, 6) is -1.73. The Labute approximate surface area is 112 Å². The molecule has 1 unspecified atom stereocenters. The molecule has 3 nitrogen and oxygen atoms in total. The van der Waals surface area contributed by atoms with Gasteiger partial charge in [0.25, 0.3) is 0 Å². The minimum absolute atomic E-state index is 0.00702. The van der Waals surface area contributed by atoms with Gasteiger partial charge in [0.05, 0.1) is 6.04 Å². The van der Waals surface area contributed by atoms with Crippen LogP contribution in [0.1, 0.15) is 26.3 Å². The van der Waals surface area contributed by atoms with Crippen molar-refractivity contribution in [1.82, 2.24) is 10.2 Å². The Morgan fingerprint density at radius 3 is 2.42 bits per heavy atom. The van der Waals surface area contributed by atoms with E-state index in [0.29, 0.717) is 25.2 Å². The van der Waals surface area contributed by atoms with E-state index in [9.17, 15) is 13.6 Å². The van der Waals surface area contributed by atoms with Crippen molar-refractivity contribution >= 4 is 5.91 Å². The predicted octanol–water partition coefficient (Wildman–Crippen LogP) is 2.31. The van der Waals surface area contributed by atoms with Gasteiger partial charge in [-0.25, -0.2) is 8.78 Å². The molecule has 0 fully saturated rings. The highest BCUT2D eigenvalue weighted by atomic mass is 19.2. The van der Waals surface area contributed by atoms with Crippen molar-refractivity contribution < 1.29 is 13.6 Å². The van der Waals surface area contributed by atoms with E-state index in [-0.39, 0.29) is 11.9 Å². The molecular weight excluding hydrogens is 250 g/mol. The van der Waals surface area contributed by atoms with Crippen LogP contribution in [0, 0.1) is 11.6 Å². The molecule has 1 rings (SSSR count). The Morgan fingerprint density at radius 1 is 1.26 bits per heavy atom. The number of nitrogens with one attached hydrogen (secondary N) is 1. The molecule has 0 spiro atoms. The van der Waals surface area contributed by atoms with Crippen molar-refractivity contribution in [2.75, 3.05) is 13.1 Å². The SMILES string of the molecule is CCN(CC)C(=O)C(C)NCc1ccc(F)c(F)c1. The van der Waals surface area contributed by atoms with Crippen LogP contribution in [0.3, 0.4) is 0 Å². The van der Waals surface area contributed by atoms with Crippen LogP contribution in [-0.2, 0) is 11.3 Å². The summed E-state index contributed by atoms with van der Waals surface area (Å²) in [6, 6.07) is 3.37. The van der Waals surface area contributed by atoms with Gasteiger partial charge in [-0.3, -0.25) is 4.79 Å². The molecule has 1 aromatic carbocycles. The fraction of sp³-hybridized carbons (Fsp3) is 0.500. The maximum atomic E-state index is 13.0. The summed E-state index contributed by atoms with van der Waals surface area (Å²) in [5, 5.41) is 3.01. The van der Waals surface area contributed by atoms with Gasteiger partial charge in [-0.15, -0.1) is 0 Å². The lowest BCUT2D eigenvalue weighted by Gasteiger charge is -2.23. The molecule has 0 bridgehead atoms. The van der Waals surface area contributed by atoms with Crippen LogP contribution in [0.25, 0.3) is 0 Å². The second-order valence-electron chi connectivity index (χ2n) is 4.36.